The third-order valence-corrected chi connectivity index (χ3v) is 9.94. The van der Waals surface area contributed by atoms with Crippen LogP contribution in [0.3, 0.4) is 0 Å². The van der Waals surface area contributed by atoms with E-state index in [1.807, 2.05) is 13.0 Å². The Morgan fingerprint density at radius 3 is 2.00 bits per heavy atom. The molecule has 0 N–H and O–H groups in total. The Hall–Kier alpha value is -0.970. The van der Waals surface area contributed by atoms with E-state index < -0.39 is 20.0 Å². The SMILES string of the molecule is Cc1ccc(C)c(S(=O)(=O)N2CCN(S(=O)(=O)c3ccc(Cl)s3)CC2)c1. The number of sulfonamides is 2. The van der Waals surface area contributed by atoms with E-state index >= 15 is 0 Å². The van der Waals surface area contributed by atoms with Gasteiger partial charge in [0.05, 0.1) is 9.23 Å². The van der Waals surface area contributed by atoms with Gasteiger partial charge in [0, 0.05) is 26.2 Å². The molecule has 1 aromatic carbocycles. The average molecular weight is 435 g/mol. The highest BCUT2D eigenvalue weighted by Gasteiger charge is 2.34. The molecular weight excluding hydrogens is 416 g/mol. The number of thiophene rings is 1. The van der Waals surface area contributed by atoms with E-state index in [0.717, 1.165) is 16.9 Å². The van der Waals surface area contributed by atoms with Crippen molar-refractivity contribution in [3.8, 4) is 0 Å². The summed E-state index contributed by atoms with van der Waals surface area (Å²) in [5, 5.41) is 0. The third kappa shape index (κ3) is 3.69. The molecule has 0 unspecified atom stereocenters. The van der Waals surface area contributed by atoms with Gasteiger partial charge in [0.25, 0.3) is 10.0 Å². The largest absolute Gasteiger partial charge is 0.252 e. The fraction of sp³-hybridized carbons (Fsp3) is 0.375. The van der Waals surface area contributed by atoms with Crippen LogP contribution in [-0.4, -0.2) is 51.6 Å². The van der Waals surface area contributed by atoms with Gasteiger partial charge in [-0.1, -0.05) is 23.7 Å². The van der Waals surface area contributed by atoms with E-state index in [1.54, 1.807) is 25.1 Å². The maximum absolute atomic E-state index is 12.9. The number of piperazine rings is 1. The summed E-state index contributed by atoms with van der Waals surface area (Å²) in [5.41, 5.74) is 1.55. The molecule has 0 aliphatic carbocycles. The number of hydrogen-bond donors (Lipinski definition) is 0. The van der Waals surface area contributed by atoms with Crippen LogP contribution in [-0.2, 0) is 20.0 Å². The molecule has 3 rings (SSSR count). The molecule has 0 atom stereocenters. The highest BCUT2D eigenvalue weighted by molar-refractivity contribution is 7.91. The van der Waals surface area contributed by atoms with Crippen molar-refractivity contribution < 1.29 is 16.8 Å². The molecule has 1 fully saturated rings. The van der Waals surface area contributed by atoms with Crippen molar-refractivity contribution in [1.82, 2.24) is 8.61 Å². The minimum absolute atomic E-state index is 0.113. The van der Waals surface area contributed by atoms with Crippen LogP contribution in [0, 0.1) is 13.8 Å². The Balaban J connectivity index is 1.79. The molecule has 2 heterocycles. The van der Waals surface area contributed by atoms with Gasteiger partial charge in [-0.2, -0.15) is 8.61 Å². The topological polar surface area (TPSA) is 74.8 Å². The standard InChI is InChI=1S/C16H19ClN2O4S3/c1-12-3-4-13(2)14(11-12)25(20,21)18-7-9-19(10-8-18)26(22,23)16-6-5-15(17)24-16/h3-6,11H,7-10H2,1-2H3. The zero-order valence-electron chi connectivity index (χ0n) is 14.3. The van der Waals surface area contributed by atoms with Crippen molar-refractivity contribution in [2.45, 2.75) is 23.0 Å². The monoisotopic (exact) mass is 434 g/mol. The van der Waals surface area contributed by atoms with Gasteiger partial charge in [-0.3, -0.25) is 0 Å². The summed E-state index contributed by atoms with van der Waals surface area (Å²) in [4.78, 5) is 0.277. The number of benzene rings is 1. The molecule has 1 aliphatic rings. The van der Waals surface area contributed by atoms with E-state index in [0.29, 0.717) is 9.90 Å². The van der Waals surface area contributed by atoms with Gasteiger partial charge in [-0.15, -0.1) is 11.3 Å². The van der Waals surface area contributed by atoms with E-state index in [4.69, 9.17) is 11.6 Å². The van der Waals surface area contributed by atoms with Gasteiger partial charge >= 0.3 is 0 Å². The van der Waals surface area contributed by atoms with Crippen LogP contribution in [0.25, 0.3) is 0 Å². The molecule has 26 heavy (non-hydrogen) atoms. The Labute approximate surface area is 163 Å². The predicted molar refractivity (Wildman–Crippen MR) is 103 cm³/mol. The van der Waals surface area contributed by atoms with E-state index in [-0.39, 0.29) is 35.3 Å². The zero-order valence-corrected chi connectivity index (χ0v) is 17.6. The van der Waals surface area contributed by atoms with Crippen LogP contribution in [0.1, 0.15) is 11.1 Å². The number of nitrogens with zero attached hydrogens (tertiary/aromatic N) is 2. The zero-order chi connectivity index (χ0) is 19.1. The molecular formula is C16H19ClN2O4S3. The van der Waals surface area contributed by atoms with Crippen LogP contribution < -0.4 is 0 Å². The highest BCUT2D eigenvalue weighted by atomic mass is 35.5. The Bertz CT molecular complexity index is 1020. The summed E-state index contributed by atoms with van der Waals surface area (Å²) in [6.45, 7) is 4.06. The van der Waals surface area contributed by atoms with Gasteiger partial charge in [-0.25, -0.2) is 16.8 Å². The van der Waals surface area contributed by atoms with E-state index in [1.165, 1.54) is 14.7 Å². The Morgan fingerprint density at radius 2 is 1.46 bits per heavy atom. The molecule has 0 bridgehead atoms. The van der Waals surface area contributed by atoms with Crippen molar-refractivity contribution in [3.63, 3.8) is 0 Å². The summed E-state index contributed by atoms with van der Waals surface area (Å²) in [5.74, 6) is 0. The normalized spacial score (nSPS) is 17.5. The molecule has 1 saturated heterocycles. The summed E-state index contributed by atoms with van der Waals surface area (Å²) >= 11 is 6.83. The molecule has 2 aromatic rings. The lowest BCUT2D eigenvalue weighted by Gasteiger charge is -2.33. The Morgan fingerprint density at radius 1 is 0.885 bits per heavy atom. The smallest absolute Gasteiger partial charge is 0.207 e. The minimum atomic E-state index is -3.65. The molecule has 10 heteroatoms. The predicted octanol–water partition coefficient (Wildman–Crippen LogP) is 2.71. The van der Waals surface area contributed by atoms with Gasteiger partial charge in [0.2, 0.25) is 10.0 Å². The molecule has 0 saturated carbocycles. The van der Waals surface area contributed by atoms with Crippen molar-refractivity contribution >= 4 is 43.0 Å². The highest BCUT2D eigenvalue weighted by Crippen LogP contribution is 2.29. The second-order valence-electron chi connectivity index (χ2n) is 6.14. The summed E-state index contributed by atoms with van der Waals surface area (Å²) in [6, 6.07) is 8.32. The quantitative estimate of drug-likeness (QED) is 0.741. The molecule has 0 radical (unpaired) electrons. The number of hydrogen-bond acceptors (Lipinski definition) is 5. The second-order valence-corrected chi connectivity index (χ2v) is 11.9. The van der Waals surface area contributed by atoms with Crippen LogP contribution in [0.2, 0.25) is 4.34 Å². The molecule has 0 spiro atoms. The van der Waals surface area contributed by atoms with Gasteiger partial charge in [-0.05, 0) is 43.2 Å². The van der Waals surface area contributed by atoms with Crippen molar-refractivity contribution in [2.24, 2.45) is 0 Å². The van der Waals surface area contributed by atoms with E-state index in [9.17, 15) is 16.8 Å². The van der Waals surface area contributed by atoms with Crippen LogP contribution >= 0.6 is 22.9 Å². The molecule has 0 amide bonds. The first-order chi connectivity index (χ1) is 12.1. The van der Waals surface area contributed by atoms with Crippen molar-refractivity contribution in [3.05, 3.63) is 45.8 Å². The fourth-order valence-corrected chi connectivity index (χ4v) is 7.63. The van der Waals surface area contributed by atoms with Crippen LogP contribution in [0.5, 0.6) is 0 Å². The number of halogens is 1. The lowest BCUT2D eigenvalue weighted by Crippen LogP contribution is -2.50. The number of rotatable bonds is 4. The fourth-order valence-electron chi connectivity index (χ4n) is 2.84. The van der Waals surface area contributed by atoms with Crippen molar-refractivity contribution in [1.29, 1.82) is 0 Å². The van der Waals surface area contributed by atoms with E-state index in [2.05, 4.69) is 0 Å². The van der Waals surface area contributed by atoms with Crippen LogP contribution in [0.15, 0.2) is 39.4 Å². The average Bonchev–Trinajstić information content (AvgIpc) is 3.04. The summed E-state index contributed by atoms with van der Waals surface area (Å²) < 4.78 is 54.4. The number of aryl methyl sites for hydroxylation is 2. The van der Waals surface area contributed by atoms with Gasteiger partial charge < -0.3 is 0 Å². The second kappa shape index (κ2) is 7.21. The first-order valence-electron chi connectivity index (χ1n) is 7.95. The van der Waals surface area contributed by atoms with Crippen LogP contribution in [0.4, 0.5) is 0 Å². The maximum Gasteiger partial charge on any atom is 0.252 e. The first-order valence-corrected chi connectivity index (χ1v) is 12.0. The summed E-state index contributed by atoms with van der Waals surface area (Å²) in [6.07, 6.45) is 0. The summed E-state index contributed by atoms with van der Waals surface area (Å²) in [7, 11) is -7.30. The first kappa shape index (κ1) is 19.8. The molecule has 142 valence electrons. The maximum atomic E-state index is 12.9. The minimum Gasteiger partial charge on any atom is -0.207 e. The molecule has 1 aliphatic heterocycles. The van der Waals surface area contributed by atoms with Gasteiger partial charge in [0.15, 0.2) is 0 Å². The lowest BCUT2D eigenvalue weighted by molar-refractivity contribution is 0.273. The lowest BCUT2D eigenvalue weighted by atomic mass is 10.2. The van der Waals surface area contributed by atoms with Gasteiger partial charge in [0.1, 0.15) is 4.21 Å². The Kier molecular flexibility index (Phi) is 5.49. The molecule has 1 aromatic heterocycles. The molecule has 6 nitrogen and oxygen atoms in total. The van der Waals surface area contributed by atoms with Crippen molar-refractivity contribution in [2.75, 3.05) is 26.2 Å². The third-order valence-electron chi connectivity index (χ3n) is 4.30.